The lowest BCUT2D eigenvalue weighted by molar-refractivity contribution is 0.313. The van der Waals surface area contributed by atoms with Crippen molar-refractivity contribution in [2.75, 3.05) is 5.33 Å². The van der Waals surface area contributed by atoms with E-state index in [2.05, 4.69) is 22.0 Å². The Kier molecular flexibility index (Phi) is 1.86. The predicted octanol–water partition coefficient (Wildman–Crippen LogP) is 3.13. The average Bonchev–Trinajstić information content (AvgIpc) is 2.06. The molecule has 56 valence electrons. The van der Waals surface area contributed by atoms with Gasteiger partial charge in [-0.3, -0.25) is 0 Å². The third-order valence-corrected chi connectivity index (χ3v) is 3.55. The molecule has 0 saturated heterocycles. The number of fused-ring (bicyclic) bond motifs is 2. The van der Waals surface area contributed by atoms with Gasteiger partial charge in [-0.15, -0.1) is 0 Å². The lowest BCUT2D eigenvalue weighted by Crippen LogP contribution is -2.22. The monoisotopic (exact) mass is 200 g/mol. The SMILES string of the molecule is BrCC1=CC2CCC1CC2. The third kappa shape index (κ3) is 1.05. The van der Waals surface area contributed by atoms with Gasteiger partial charge in [-0.2, -0.15) is 0 Å². The number of hydrogen-bond acceptors (Lipinski definition) is 0. The summed E-state index contributed by atoms with van der Waals surface area (Å²) in [7, 11) is 0. The first kappa shape index (κ1) is 6.90. The minimum Gasteiger partial charge on any atom is -0.0880 e. The Morgan fingerprint density at radius 2 is 2.00 bits per heavy atom. The van der Waals surface area contributed by atoms with Crippen LogP contribution >= 0.6 is 15.9 Å². The molecule has 0 N–H and O–H groups in total. The number of alkyl halides is 1. The van der Waals surface area contributed by atoms with E-state index in [1.807, 2.05) is 0 Å². The smallest absolute Gasteiger partial charge is 0.0244 e. The Balaban J connectivity index is 2.19. The fourth-order valence-electron chi connectivity index (χ4n) is 2.25. The summed E-state index contributed by atoms with van der Waals surface area (Å²) in [6.07, 6.45) is 8.35. The standard InChI is InChI=1S/C9H13Br/c10-6-9-5-7-1-3-8(9)4-2-7/h5,7-8H,1-4,6H2. The van der Waals surface area contributed by atoms with Gasteiger partial charge in [0.1, 0.15) is 0 Å². The second-order valence-corrected chi connectivity index (χ2v) is 4.05. The quantitative estimate of drug-likeness (QED) is 0.451. The largest absolute Gasteiger partial charge is 0.0880 e. The van der Waals surface area contributed by atoms with Gasteiger partial charge < -0.3 is 0 Å². The highest BCUT2D eigenvalue weighted by atomic mass is 79.9. The minimum atomic E-state index is 0.942. The summed E-state index contributed by atoms with van der Waals surface area (Å²) in [5, 5.41) is 1.12. The van der Waals surface area contributed by atoms with Crippen LogP contribution in [0.1, 0.15) is 25.7 Å². The highest BCUT2D eigenvalue weighted by Crippen LogP contribution is 2.40. The van der Waals surface area contributed by atoms with Crippen LogP contribution in [0.5, 0.6) is 0 Å². The van der Waals surface area contributed by atoms with Crippen LogP contribution in [0, 0.1) is 11.8 Å². The van der Waals surface area contributed by atoms with Crippen LogP contribution in [0.15, 0.2) is 11.6 Å². The van der Waals surface area contributed by atoms with E-state index in [-0.39, 0.29) is 0 Å². The number of halogens is 1. The highest BCUT2D eigenvalue weighted by molar-refractivity contribution is 9.09. The predicted molar refractivity (Wildman–Crippen MR) is 47.3 cm³/mol. The summed E-state index contributed by atoms with van der Waals surface area (Å²) in [6, 6.07) is 0. The summed E-state index contributed by atoms with van der Waals surface area (Å²) in [4.78, 5) is 0. The first-order valence-electron chi connectivity index (χ1n) is 4.16. The van der Waals surface area contributed by atoms with E-state index in [9.17, 15) is 0 Å². The highest BCUT2D eigenvalue weighted by Gasteiger charge is 2.27. The minimum absolute atomic E-state index is 0.942. The van der Waals surface area contributed by atoms with Crippen LogP contribution in [0.4, 0.5) is 0 Å². The van der Waals surface area contributed by atoms with Crippen molar-refractivity contribution in [3.63, 3.8) is 0 Å². The Labute approximate surface area is 70.8 Å². The molecule has 3 aliphatic rings. The summed E-state index contributed by atoms with van der Waals surface area (Å²) >= 11 is 3.54. The van der Waals surface area contributed by atoms with E-state index in [4.69, 9.17) is 0 Å². The first-order valence-corrected chi connectivity index (χ1v) is 5.29. The van der Waals surface area contributed by atoms with Crippen molar-refractivity contribution >= 4 is 15.9 Å². The lowest BCUT2D eigenvalue weighted by Gasteiger charge is -2.34. The fourth-order valence-corrected chi connectivity index (χ4v) is 2.89. The summed E-state index contributed by atoms with van der Waals surface area (Å²) < 4.78 is 0. The van der Waals surface area contributed by atoms with Crippen LogP contribution in [0.25, 0.3) is 0 Å². The Hall–Kier alpha value is 0.220. The maximum Gasteiger partial charge on any atom is 0.0244 e. The average molecular weight is 201 g/mol. The molecule has 0 aromatic heterocycles. The van der Waals surface area contributed by atoms with Gasteiger partial charge >= 0.3 is 0 Å². The van der Waals surface area contributed by atoms with E-state index in [1.165, 1.54) is 25.7 Å². The second-order valence-electron chi connectivity index (χ2n) is 3.49. The van der Waals surface area contributed by atoms with E-state index in [0.717, 1.165) is 17.2 Å². The van der Waals surface area contributed by atoms with Crippen LogP contribution in [-0.4, -0.2) is 5.33 Å². The zero-order valence-electron chi connectivity index (χ0n) is 6.15. The summed E-state index contributed by atoms with van der Waals surface area (Å²) in [6.45, 7) is 0. The molecular weight excluding hydrogens is 188 g/mol. The molecule has 2 bridgehead atoms. The van der Waals surface area contributed by atoms with Gasteiger partial charge in [0.15, 0.2) is 0 Å². The van der Waals surface area contributed by atoms with Crippen LogP contribution in [-0.2, 0) is 0 Å². The second kappa shape index (κ2) is 2.69. The molecule has 0 spiro atoms. The molecule has 1 heteroatoms. The Bertz CT molecular complexity index is 152. The van der Waals surface area contributed by atoms with Crippen molar-refractivity contribution in [1.29, 1.82) is 0 Å². The molecule has 3 aliphatic carbocycles. The molecule has 0 aromatic carbocycles. The maximum absolute atomic E-state index is 3.54. The van der Waals surface area contributed by atoms with Crippen molar-refractivity contribution in [2.45, 2.75) is 25.7 Å². The molecule has 0 nitrogen and oxygen atoms in total. The maximum atomic E-state index is 3.54. The molecule has 1 saturated carbocycles. The molecule has 0 atom stereocenters. The van der Waals surface area contributed by atoms with Gasteiger partial charge in [0.05, 0.1) is 0 Å². The zero-order chi connectivity index (χ0) is 6.97. The van der Waals surface area contributed by atoms with Crippen LogP contribution in [0.3, 0.4) is 0 Å². The normalized spacial score (nSPS) is 37.9. The number of allylic oxidation sites excluding steroid dienone is 2. The first-order chi connectivity index (χ1) is 4.90. The topological polar surface area (TPSA) is 0 Å². The van der Waals surface area contributed by atoms with E-state index < -0.39 is 0 Å². The fraction of sp³-hybridized carbons (Fsp3) is 0.778. The molecule has 0 unspecified atom stereocenters. The van der Waals surface area contributed by atoms with Gasteiger partial charge in [0, 0.05) is 5.33 Å². The molecular formula is C9H13Br. The number of rotatable bonds is 1. The molecule has 0 amide bonds. The van der Waals surface area contributed by atoms with Gasteiger partial charge in [-0.25, -0.2) is 0 Å². The van der Waals surface area contributed by atoms with Gasteiger partial charge in [-0.1, -0.05) is 27.6 Å². The molecule has 0 heterocycles. The third-order valence-electron chi connectivity index (χ3n) is 2.90. The molecule has 3 rings (SSSR count). The van der Waals surface area contributed by atoms with Gasteiger partial charge in [0.2, 0.25) is 0 Å². The molecule has 0 aromatic rings. The van der Waals surface area contributed by atoms with E-state index in [0.29, 0.717) is 0 Å². The van der Waals surface area contributed by atoms with Crippen molar-refractivity contribution < 1.29 is 0 Å². The van der Waals surface area contributed by atoms with Crippen LogP contribution in [0.2, 0.25) is 0 Å². The Morgan fingerprint density at radius 1 is 1.30 bits per heavy atom. The number of hydrogen-bond donors (Lipinski definition) is 0. The van der Waals surface area contributed by atoms with E-state index in [1.54, 1.807) is 5.57 Å². The van der Waals surface area contributed by atoms with E-state index >= 15 is 0 Å². The molecule has 0 aliphatic heterocycles. The molecule has 1 fully saturated rings. The summed E-state index contributed by atoms with van der Waals surface area (Å²) in [5.74, 6) is 1.89. The molecule has 0 radical (unpaired) electrons. The zero-order valence-corrected chi connectivity index (χ0v) is 7.73. The van der Waals surface area contributed by atoms with Crippen LogP contribution < -0.4 is 0 Å². The van der Waals surface area contributed by atoms with Crippen molar-refractivity contribution in [3.8, 4) is 0 Å². The van der Waals surface area contributed by atoms with Gasteiger partial charge in [0.25, 0.3) is 0 Å². The molecule has 10 heavy (non-hydrogen) atoms. The van der Waals surface area contributed by atoms with Crippen molar-refractivity contribution in [1.82, 2.24) is 0 Å². The van der Waals surface area contributed by atoms with Crippen molar-refractivity contribution in [3.05, 3.63) is 11.6 Å². The lowest BCUT2D eigenvalue weighted by atomic mass is 9.72. The van der Waals surface area contributed by atoms with Crippen molar-refractivity contribution in [2.24, 2.45) is 11.8 Å². The summed E-state index contributed by atoms with van der Waals surface area (Å²) in [5.41, 5.74) is 1.68. The Morgan fingerprint density at radius 3 is 2.30 bits per heavy atom. The van der Waals surface area contributed by atoms with Gasteiger partial charge in [-0.05, 0) is 37.5 Å².